The first kappa shape index (κ1) is 29.7. The number of hydrogen-bond donors (Lipinski definition) is 1. The maximum absolute atomic E-state index is 13.8. The van der Waals surface area contributed by atoms with Gasteiger partial charge in [0.25, 0.3) is 0 Å². The third kappa shape index (κ3) is 5.93. The molecule has 1 heterocycles. The Kier molecular flexibility index (Phi) is 7.83. The number of ether oxygens (including phenoxy) is 1. The standard InChI is InChI=1S/C32H32Br2FNO5/c1-31(2)11-22-28(24(37)13-31)27(29-23(36(22)15-26(39)40)12-32(3,4)14-25(29)38)18-9-20(33)30(21(34)10-18)41-16-17-6-5-7-19(35)8-17/h5-10,27H,11-16H2,1-4H3,(H,39,40). The van der Waals surface area contributed by atoms with E-state index in [1.54, 1.807) is 17.0 Å². The second kappa shape index (κ2) is 10.8. The highest BCUT2D eigenvalue weighted by atomic mass is 79.9. The molecule has 0 atom stereocenters. The highest BCUT2D eigenvalue weighted by molar-refractivity contribution is 9.11. The minimum Gasteiger partial charge on any atom is -0.487 e. The Morgan fingerprint density at radius 1 is 0.951 bits per heavy atom. The van der Waals surface area contributed by atoms with Gasteiger partial charge in [-0.2, -0.15) is 0 Å². The van der Waals surface area contributed by atoms with Gasteiger partial charge in [-0.25, -0.2) is 4.39 Å². The zero-order chi connectivity index (χ0) is 29.9. The highest BCUT2D eigenvalue weighted by Crippen LogP contribution is 2.55. The van der Waals surface area contributed by atoms with Crippen molar-refractivity contribution < 1.29 is 28.6 Å². The van der Waals surface area contributed by atoms with Gasteiger partial charge >= 0.3 is 5.97 Å². The van der Waals surface area contributed by atoms with Crippen molar-refractivity contribution in [3.63, 3.8) is 0 Å². The van der Waals surface area contributed by atoms with E-state index in [1.165, 1.54) is 12.1 Å². The molecule has 2 aliphatic carbocycles. The minimum atomic E-state index is -1.01. The minimum absolute atomic E-state index is 0.0699. The number of hydrogen-bond acceptors (Lipinski definition) is 5. The summed E-state index contributed by atoms with van der Waals surface area (Å²) in [7, 11) is 0. The zero-order valence-corrected chi connectivity index (χ0v) is 26.6. The van der Waals surface area contributed by atoms with Gasteiger partial charge in [0, 0.05) is 41.3 Å². The molecule has 0 amide bonds. The molecule has 216 valence electrons. The molecule has 9 heteroatoms. The topological polar surface area (TPSA) is 83.9 Å². The van der Waals surface area contributed by atoms with Crippen molar-refractivity contribution in [2.45, 2.75) is 65.9 Å². The lowest BCUT2D eigenvalue weighted by molar-refractivity contribution is -0.138. The van der Waals surface area contributed by atoms with Gasteiger partial charge in [-0.05, 0) is 90.9 Å². The van der Waals surface area contributed by atoms with Crippen molar-refractivity contribution in [1.82, 2.24) is 4.90 Å². The third-order valence-corrected chi connectivity index (χ3v) is 9.12. The maximum Gasteiger partial charge on any atom is 0.323 e. The summed E-state index contributed by atoms with van der Waals surface area (Å²) in [6.45, 7) is 7.90. The first-order chi connectivity index (χ1) is 19.2. The van der Waals surface area contributed by atoms with Crippen LogP contribution in [-0.2, 0) is 21.0 Å². The van der Waals surface area contributed by atoms with Crippen LogP contribution in [0.2, 0.25) is 0 Å². The van der Waals surface area contributed by atoms with E-state index < -0.39 is 11.9 Å². The Hall–Kier alpha value is -2.78. The molecule has 41 heavy (non-hydrogen) atoms. The molecule has 0 spiro atoms. The monoisotopic (exact) mass is 687 g/mol. The van der Waals surface area contributed by atoms with Crippen molar-refractivity contribution >= 4 is 49.4 Å². The third-order valence-electron chi connectivity index (χ3n) is 7.94. The lowest BCUT2D eigenvalue weighted by Crippen LogP contribution is -2.45. The average Bonchev–Trinajstić information content (AvgIpc) is 2.82. The molecule has 0 saturated heterocycles. The van der Waals surface area contributed by atoms with Crippen LogP contribution < -0.4 is 4.74 Å². The van der Waals surface area contributed by atoms with Crippen molar-refractivity contribution in [2.24, 2.45) is 10.8 Å². The number of carboxylic acid groups (broad SMARTS) is 1. The average molecular weight is 689 g/mol. The predicted molar refractivity (Wildman–Crippen MR) is 160 cm³/mol. The van der Waals surface area contributed by atoms with Crippen LogP contribution in [0.25, 0.3) is 0 Å². The molecule has 2 aromatic carbocycles. The van der Waals surface area contributed by atoms with Crippen molar-refractivity contribution in [2.75, 3.05) is 6.54 Å². The Morgan fingerprint density at radius 3 is 1.98 bits per heavy atom. The summed E-state index contributed by atoms with van der Waals surface area (Å²) >= 11 is 7.24. The van der Waals surface area contributed by atoms with Gasteiger partial charge in [0.05, 0.1) is 8.95 Å². The van der Waals surface area contributed by atoms with E-state index in [-0.39, 0.29) is 41.4 Å². The number of carbonyl (C=O) groups is 3. The van der Waals surface area contributed by atoms with Gasteiger partial charge in [-0.15, -0.1) is 0 Å². The maximum atomic E-state index is 13.8. The smallest absolute Gasteiger partial charge is 0.323 e. The molecule has 0 aromatic heterocycles. The van der Waals surface area contributed by atoms with Crippen LogP contribution in [0.15, 0.2) is 67.9 Å². The van der Waals surface area contributed by atoms with Crippen LogP contribution in [0, 0.1) is 16.6 Å². The second-order valence-corrected chi connectivity index (χ2v) is 14.5. The molecule has 0 radical (unpaired) electrons. The Labute approximate surface area is 255 Å². The van der Waals surface area contributed by atoms with Crippen LogP contribution in [0.5, 0.6) is 5.75 Å². The predicted octanol–water partition coefficient (Wildman–Crippen LogP) is 7.70. The molecular weight excluding hydrogens is 657 g/mol. The van der Waals surface area contributed by atoms with Crippen LogP contribution in [0.4, 0.5) is 4.39 Å². The molecular formula is C32H32Br2FNO5. The Morgan fingerprint density at radius 2 is 1.49 bits per heavy atom. The zero-order valence-electron chi connectivity index (χ0n) is 23.4. The van der Waals surface area contributed by atoms with E-state index in [9.17, 15) is 23.9 Å². The molecule has 6 nitrogen and oxygen atoms in total. The summed E-state index contributed by atoms with van der Waals surface area (Å²) in [5, 5.41) is 9.87. The van der Waals surface area contributed by atoms with Gasteiger partial charge in [0.15, 0.2) is 11.6 Å². The fourth-order valence-corrected chi connectivity index (χ4v) is 7.82. The van der Waals surface area contributed by atoms with E-state index >= 15 is 0 Å². The number of Topliss-reactive ketones (excluding diaryl/α,β-unsaturated/α-hetero) is 2. The molecule has 3 aliphatic rings. The van der Waals surface area contributed by atoms with Gasteiger partial charge in [0.2, 0.25) is 0 Å². The molecule has 1 aliphatic heterocycles. The molecule has 0 unspecified atom stereocenters. The first-order valence-electron chi connectivity index (χ1n) is 13.5. The summed E-state index contributed by atoms with van der Waals surface area (Å²) in [4.78, 5) is 41.5. The quantitative estimate of drug-likeness (QED) is 0.335. The first-order valence-corrected chi connectivity index (χ1v) is 15.1. The molecule has 0 bridgehead atoms. The van der Waals surface area contributed by atoms with Crippen LogP contribution in [0.1, 0.15) is 70.4 Å². The van der Waals surface area contributed by atoms with E-state index in [1.807, 2.05) is 39.8 Å². The second-order valence-electron chi connectivity index (χ2n) is 12.7. The number of aliphatic carboxylic acids is 1. The van der Waals surface area contributed by atoms with Crippen molar-refractivity contribution in [1.29, 1.82) is 0 Å². The van der Waals surface area contributed by atoms with Crippen LogP contribution in [0.3, 0.4) is 0 Å². The van der Waals surface area contributed by atoms with E-state index in [4.69, 9.17) is 4.74 Å². The molecule has 0 saturated carbocycles. The van der Waals surface area contributed by atoms with Gasteiger partial charge in [-0.1, -0.05) is 39.8 Å². The lowest BCUT2D eigenvalue weighted by atomic mass is 9.63. The number of carbonyl (C=O) groups excluding carboxylic acids is 2. The van der Waals surface area contributed by atoms with E-state index in [2.05, 4.69) is 31.9 Å². The Balaban J connectivity index is 1.64. The number of benzene rings is 2. The largest absolute Gasteiger partial charge is 0.487 e. The lowest BCUT2D eigenvalue weighted by Gasteiger charge is -2.48. The highest BCUT2D eigenvalue weighted by Gasteiger charge is 2.49. The number of ketones is 2. The number of allylic oxidation sites excluding steroid dienone is 4. The van der Waals surface area contributed by atoms with Crippen LogP contribution >= 0.6 is 31.9 Å². The molecule has 1 N–H and O–H groups in total. The summed E-state index contributed by atoms with van der Waals surface area (Å²) in [5.41, 5.74) is 3.11. The Bertz CT molecular complexity index is 1460. The fraction of sp³-hybridized carbons (Fsp3) is 0.406. The van der Waals surface area contributed by atoms with E-state index in [0.29, 0.717) is 68.5 Å². The van der Waals surface area contributed by atoms with Crippen molar-refractivity contribution in [3.05, 3.63) is 84.8 Å². The summed E-state index contributed by atoms with van der Waals surface area (Å²) in [6.07, 6.45) is 1.67. The van der Waals surface area contributed by atoms with Gasteiger partial charge in [0.1, 0.15) is 24.7 Å². The summed E-state index contributed by atoms with van der Waals surface area (Å²) in [5.74, 6) is -1.61. The molecule has 5 rings (SSSR count). The van der Waals surface area contributed by atoms with Crippen molar-refractivity contribution in [3.8, 4) is 5.75 Å². The molecule has 0 fully saturated rings. The normalized spacial score (nSPS) is 20.2. The summed E-state index contributed by atoms with van der Waals surface area (Å²) in [6, 6.07) is 9.91. The number of halogens is 3. The fourth-order valence-electron chi connectivity index (χ4n) is 6.37. The van der Waals surface area contributed by atoms with Gasteiger partial charge < -0.3 is 14.7 Å². The number of nitrogens with zero attached hydrogens (tertiary/aromatic N) is 1. The van der Waals surface area contributed by atoms with Crippen LogP contribution in [-0.4, -0.2) is 34.1 Å². The number of rotatable bonds is 6. The van der Waals surface area contributed by atoms with E-state index in [0.717, 1.165) is 5.56 Å². The number of carboxylic acids is 1. The molecule has 2 aromatic rings. The summed E-state index contributed by atoms with van der Waals surface area (Å²) < 4.78 is 20.9. The van der Waals surface area contributed by atoms with Gasteiger partial charge in [-0.3, -0.25) is 14.4 Å². The SMILES string of the molecule is CC1(C)CC(=O)C2=C(C1)N(CC(=O)O)C1=C(C(=O)CC(C)(C)C1)C2c1cc(Br)c(OCc2cccc(F)c2)c(Br)c1.